The predicted molar refractivity (Wildman–Crippen MR) is 151 cm³/mol. The Bertz CT molecular complexity index is 1400. The van der Waals surface area contributed by atoms with E-state index < -0.39 is 0 Å². The number of piperazine rings is 1. The van der Waals surface area contributed by atoms with E-state index in [4.69, 9.17) is 16.6 Å². The first-order valence-electron chi connectivity index (χ1n) is 12.4. The minimum atomic E-state index is -0.206. The molecule has 4 aromatic rings. The average molecular weight is 548 g/mol. The first kappa shape index (κ1) is 26.0. The number of amides is 1. The van der Waals surface area contributed by atoms with Crippen LogP contribution in [-0.2, 0) is 12.3 Å². The van der Waals surface area contributed by atoms with Crippen LogP contribution < -0.4 is 15.1 Å². The van der Waals surface area contributed by atoms with E-state index in [-0.39, 0.29) is 11.7 Å². The maximum Gasteiger partial charge on any atom is 0.251 e. The van der Waals surface area contributed by atoms with Gasteiger partial charge in [0.1, 0.15) is 16.8 Å². The number of carbonyl (C=O) groups excluding carboxylic acids is 1. The van der Waals surface area contributed by atoms with Gasteiger partial charge in [-0.3, -0.25) is 4.79 Å². The van der Waals surface area contributed by atoms with Gasteiger partial charge >= 0.3 is 0 Å². The van der Waals surface area contributed by atoms with E-state index in [1.165, 1.54) is 17.8 Å². The van der Waals surface area contributed by atoms with Gasteiger partial charge in [-0.1, -0.05) is 78.0 Å². The van der Waals surface area contributed by atoms with Crippen LogP contribution in [0.15, 0.2) is 90.1 Å². The molecule has 1 aromatic heterocycles. The molecule has 0 spiro atoms. The number of anilines is 2. The first-order chi connectivity index (χ1) is 18.5. The molecular formula is C29H27ClFN5OS. The number of para-hydroxylation sites is 1. The molecule has 3 aromatic carbocycles. The molecule has 6 nitrogen and oxygen atoms in total. The number of thioether (sulfide) groups is 1. The molecule has 0 unspecified atom stereocenters. The third kappa shape index (κ3) is 6.62. The molecule has 0 atom stereocenters. The molecular weight excluding hydrogens is 521 g/mol. The lowest BCUT2D eigenvalue weighted by atomic mass is 10.1. The maximum atomic E-state index is 14.2. The van der Waals surface area contributed by atoms with Gasteiger partial charge in [0, 0.05) is 50.1 Å². The molecule has 38 heavy (non-hydrogen) atoms. The molecule has 1 saturated heterocycles. The van der Waals surface area contributed by atoms with E-state index >= 15 is 0 Å². The number of benzene rings is 3. The summed E-state index contributed by atoms with van der Waals surface area (Å²) in [4.78, 5) is 26.0. The van der Waals surface area contributed by atoms with Gasteiger partial charge in [-0.25, -0.2) is 14.4 Å². The van der Waals surface area contributed by atoms with Gasteiger partial charge < -0.3 is 15.1 Å². The highest BCUT2D eigenvalue weighted by Gasteiger charge is 2.21. The van der Waals surface area contributed by atoms with Gasteiger partial charge in [-0.2, -0.15) is 0 Å². The van der Waals surface area contributed by atoms with E-state index in [2.05, 4.69) is 15.2 Å². The zero-order valence-corrected chi connectivity index (χ0v) is 22.3. The largest absolute Gasteiger partial charge is 0.366 e. The maximum absolute atomic E-state index is 14.2. The van der Waals surface area contributed by atoms with Crippen molar-refractivity contribution in [3.63, 3.8) is 0 Å². The van der Waals surface area contributed by atoms with E-state index in [0.717, 1.165) is 16.9 Å². The van der Waals surface area contributed by atoms with Crippen molar-refractivity contribution in [2.45, 2.75) is 17.5 Å². The highest BCUT2D eigenvalue weighted by atomic mass is 35.5. The molecule has 194 valence electrons. The van der Waals surface area contributed by atoms with Gasteiger partial charge in [0.25, 0.3) is 5.91 Å². The zero-order chi connectivity index (χ0) is 26.3. The average Bonchev–Trinajstić information content (AvgIpc) is 2.96. The third-order valence-corrected chi connectivity index (χ3v) is 7.42. The highest BCUT2D eigenvalue weighted by Crippen LogP contribution is 2.27. The van der Waals surface area contributed by atoms with Crippen molar-refractivity contribution in [3.05, 3.63) is 113 Å². The second-order valence-electron chi connectivity index (χ2n) is 8.91. The van der Waals surface area contributed by atoms with Crippen LogP contribution in [0.2, 0.25) is 5.15 Å². The normalized spacial score (nSPS) is 13.4. The zero-order valence-electron chi connectivity index (χ0n) is 20.7. The third-order valence-electron chi connectivity index (χ3n) is 6.31. The Morgan fingerprint density at radius 1 is 0.868 bits per heavy atom. The Morgan fingerprint density at radius 3 is 2.37 bits per heavy atom. The molecule has 0 saturated carbocycles. The molecule has 1 N–H and O–H groups in total. The molecule has 2 heterocycles. The van der Waals surface area contributed by atoms with Crippen LogP contribution in [0.25, 0.3) is 0 Å². The van der Waals surface area contributed by atoms with Crippen LogP contribution >= 0.6 is 23.4 Å². The molecule has 1 aliphatic heterocycles. The Balaban J connectivity index is 1.19. The van der Waals surface area contributed by atoms with Crippen LogP contribution in [0.4, 0.5) is 15.9 Å². The van der Waals surface area contributed by atoms with E-state index in [1.54, 1.807) is 12.1 Å². The number of aromatic nitrogens is 2. The number of nitrogens with zero attached hydrogens (tertiary/aromatic N) is 4. The molecule has 0 radical (unpaired) electrons. The minimum Gasteiger partial charge on any atom is -0.366 e. The molecule has 1 amide bonds. The summed E-state index contributed by atoms with van der Waals surface area (Å²) in [5.74, 6) is 1.04. The standard InChI is InChI=1S/C29H27ClFN5OS/c30-26-18-27(36-15-13-35(14-16-36)25-12-5-4-11-24(25)31)34-29(33-26)38-20-22-9-6-10-23(17-22)28(37)32-19-21-7-2-1-3-8-21/h1-12,17-18H,13-16,19-20H2,(H,32,37). The lowest BCUT2D eigenvalue weighted by molar-refractivity contribution is 0.0951. The Hall–Kier alpha value is -3.62. The summed E-state index contributed by atoms with van der Waals surface area (Å²) in [7, 11) is 0. The number of nitrogens with one attached hydrogen (secondary N) is 1. The summed E-state index contributed by atoms with van der Waals surface area (Å²) in [5, 5.41) is 3.92. The van der Waals surface area contributed by atoms with Crippen molar-refractivity contribution >= 4 is 40.8 Å². The van der Waals surface area contributed by atoms with Gasteiger partial charge in [0.2, 0.25) is 0 Å². The summed E-state index contributed by atoms with van der Waals surface area (Å²) >= 11 is 7.82. The fraction of sp³-hybridized carbons (Fsp3) is 0.207. The number of carbonyl (C=O) groups is 1. The van der Waals surface area contributed by atoms with E-state index in [9.17, 15) is 9.18 Å². The van der Waals surface area contributed by atoms with Crippen molar-refractivity contribution < 1.29 is 9.18 Å². The van der Waals surface area contributed by atoms with Crippen molar-refractivity contribution in [3.8, 4) is 0 Å². The lowest BCUT2D eigenvalue weighted by Gasteiger charge is -2.36. The Kier molecular flexibility index (Phi) is 8.41. The smallest absolute Gasteiger partial charge is 0.251 e. The summed E-state index contributed by atoms with van der Waals surface area (Å²) in [6, 6.07) is 26.0. The van der Waals surface area contributed by atoms with E-state index in [1.807, 2.05) is 71.6 Å². The van der Waals surface area contributed by atoms with Gasteiger partial charge in [-0.05, 0) is 35.4 Å². The summed E-state index contributed by atoms with van der Waals surface area (Å²) in [6.07, 6.45) is 0. The second kappa shape index (κ2) is 12.3. The summed E-state index contributed by atoms with van der Waals surface area (Å²) in [5.41, 5.74) is 3.28. The molecule has 1 aliphatic rings. The fourth-order valence-electron chi connectivity index (χ4n) is 4.33. The number of hydrogen-bond donors (Lipinski definition) is 1. The number of halogens is 2. The molecule has 1 fully saturated rings. The molecule has 0 aliphatic carbocycles. The predicted octanol–water partition coefficient (Wildman–Crippen LogP) is 5.82. The van der Waals surface area contributed by atoms with Gasteiger partial charge in [-0.15, -0.1) is 0 Å². The summed E-state index contributed by atoms with van der Waals surface area (Å²) in [6.45, 7) is 3.25. The lowest BCUT2D eigenvalue weighted by Crippen LogP contribution is -2.47. The van der Waals surface area contributed by atoms with Crippen LogP contribution in [0.3, 0.4) is 0 Å². The van der Waals surface area contributed by atoms with E-state index in [0.29, 0.717) is 60.0 Å². The fourth-order valence-corrected chi connectivity index (χ4v) is 5.35. The van der Waals surface area contributed by atoms with Crippen LogP contribution in [0.5, 0.6) is 0 Å². The number of hydrogen-bond acceptors (Lipinski definition) is 6. The van der Waals surface area contributed by atoms with Crippen molar-refractivity contribution in [1.82, 2.24) is 15.3 Å². The highest BCUT2D eigenvalue weighted by molar-refractivity contribution is 7.98. The molecule has 9 heteroatoms. The molecule has 0 bridgehead atoms. The SMILES string of the molecule is O=C(NCc1ccccc1)c1cccc(CSc2nc(Cl)cc(N3CCN(c4ccccc4F)CC3)n2)c1. The monoisotopic (exact) mass is 547 g/mol. The van der Waals surface area contributed by atoms with Crippen LogP contribution in [0.1, 0.15) is 21.5 Å². The quantitative estimate of drug-likeness (QED) is 0.170. The van der Waals surface area contributed by atoms with Gasteiger partial charge in [0.05, 0.1) is 5.69 Å². The Morgan fingerprint density at radius 2 is 1.58 bits per heavy atom. The first-order valence-corrected chi connectivity index (χ1v) is 13.7. The van der Waals surface area contributed by atoms with Crippen LogP contribution in [0, 0.1) is 5.82 Å². The Labute approximate surface area is 230 Å². The topological polar surface area (TPSA) is 61.4 Å². The van der Waals surface area contributed by atoms with Gasteiger partial charge in [0.15, 0.2) is 5.16 Å². The van der Waals surface area contributed by atoms with Crippen molar-refractivity contribution in [2.24, 2.45) is 0 Å². The minimum absolute atomic E-state index is 0.114. The number of rotatable bonds is 8. The van der Waals surface area contributed by atoms with Crippen molar-refractivity contribution in [1.29, 1.82) is 0 Å². The summed E-state index contributed by atoms with van der Waals surface area (Å²) < 4.78 is 14.2. The molecule has 5 rings (SSSR count). The second-order valence-corrected chi connectivity index (χ2v) is 10.2. The van der Waals surface area contributed by atoms with Crippen molar-refractivity contribution in [2.75, 3.05) is 36.0 Å². The van der Waals surface area contributed by atoms with Crippen LogP contribution in [-0.4, -0.2) is 42.1 Å².